The zero-order chi connectivity index (χ0) is 30.5. The molecule has 0 spiro atoms. The van der Waals surface area contributed by atoms with Gasteiger partial charge in [0, 0.05) is 26.2 Å². The molecular formula is C24H43N11O6. The van der Waals surface area contributed by atoms with Gasteiger partial charge in [-0.05, 0) is 51.4 Å². The molecule has 2 fully saturated rings. The van der Waals surface area contributed by atoms with Crippen LogP contribution in [0.15, 0.2) is 9.98 Å². The fraction of sp³-hybridized carbons (Fsp3) is 0.708. The first-order valence-electron chi connectivity index (χ1n) is 13.7. The number of carboxylic acid groups (broad SMARTS) is 1. The summed E-state index contributed by atoms with van der Waals surface area (Å²) in [5.74, 6) is -3.40. The largest absolute Gasteiger partial charge is 0.480 e. The number of carbonyl (C=O) groups is 5. The minimum Gasteiger partial charge on any atom is -0.480 e. The topological polar surface area (TPSA) is 291 Å². The van der Waals surface area contributed by atoms with Crippen molar-refractivity contribution in [1.29, 1.82) is 0 Å². The molecule has 2 rings (SSSR count). The molecule has 13 N–H and O–H groups in total. The molecule has 0 saturated carbocycles. The van der Waals surface area contributed by atoms with Gasteiger partial charge < -0.3 is 54.2 Å². The molecule has 2 heterocycles. The van der Waals surface area contributed by atoms with E-state index in [0.717, 1.165) is 0 Å². The number of carboxylic acids is 1. The lowest BCUT2D eigenvalue weighted by Gasteiger charge is -2.31. The van der Waals surface area contributed by atoms with Crippen molar-refractivity contribution in [1.82, 2.24) is 20.4 Å². The summed E-state index contributed by atoms with van der Waals surface area (Å²) in [5, 5.41) is 14.9. The fourth-order valence-corrected chi connectivity index (χ4v) is 5.02. The molecule has 0 aliphatic carbocycles. The highest BCUT2D eigenvalue weighted by molar-refractivity contribution is 5.95. The Morgan fingerprint density at radius 1 is 0.780 bits per heavy atom. The van der Waals surface area contributed by atoms with E-state index in [2.05, 4.69) is 20.6 Å². The third-order valence-corrected chi connectivity index (χ3v) is 7.01. The highest BCUT2D eigenvalue weighted by atomic mass is 16.4. The quantitative estimate of drug-likeness (QED) is 0.0525. The van der Waals surface area contributed by atoms with Crippen molar-refractivity contribution in [3.05, 3.63) is 0 Å². The second-order valence-electron chi connectivity index (χ2n) is 10.00. The summed E-state index contributed by atoms with van der Waals surface area (Å²) in [6.07, 6.45) is 2.83. The van der Waals surface area contributed by atoms with Crippen LogP contribution >= 0.6 is 0 Å². The predicted octanol–water partition coefficient (Wildman–Crippen LogP) is -3.91. The lowest BCUT2D eigenvalue weighted by molar-refractivity contribution is -0.145. The van der Waals surface area contributed by atoms with Crippen molar-refractivity contribution in [3.63, 3.8) is 0 Å². The Labute approximate surface area is 238 Å². The van der Waals surface area contributed by atoms with Gasteiger partial charge in [-0.25, -0.2) is 4.79 Å². The Morgan fingerprint density at radius 2 is 1.24 bits per heavy atom. The van der Waals surface area contributed by atoms with E-state index in [1.807, 2.05) is 0 Å². The van der Waals surface area contributed by atoms with Gasteiger partial charge in [0.15, 0.2) is 11.9 Å². The number of aliphatic imine (C=N–C) groups is 2. The lowest BCUT2D eigenvalue weighted by Crippen LogP contribution is -2.57. The molecule has 2 aliphatic rings. The molecule has 0 aromatic carbocycles. The number of guanidine groups is 2. The molecule has 2 saturated heterocycles. The fourth-order valence-electron chi connectivity index (χ4n) is 5.02. The van der Waals surface area contributed by atoms with E-state index in [1.165, 1.54) is 9.80 Å². The average Bonchev–Trinajstić information content (AvgIpc) is 3.61. The number of nitrogens with zero attached hydrogens (tertiary/aromatic N) is 4. The lowest BCUT2D eigenvalue weighted by atomic mass is 10.1. The maximum atomic E-state index is 13.7. The Balaban J connectivity index is 2.14. The summed E-state index contributed by atoms with van der Waals surface area (Å²) in [5.41, 5.74) is 26.8. The van der Waals surface area contributed by atoms with E-state index >= 15 is 0 Å². The molecule has 0 bridgehead atoms. The molecule has 0 aromatic rings. The Hall–Kier alpha value is -4.15. The number of nitrogens with one attached hydrogen (secondary N) is 2. The number of amides is 4. The zero-order valence-electron chi connectivity index (χ0n) is 23.2. The maximum Gasteiger partial charge on any atom is 0.326 e. The normalized spacial score (nSPS) is 19.6. The maximum absolute atomic E-state index is 13.7. The predicted molar refractivity (Wildman–Crippen MR) is 150 cm³/mol. The molecule has 4 amide bonds. The molecule has 17 nitrogen and oxygen atoms in total. The van der Waals surface area contributed by atoms with Crippen LogP contribution in [-0.4, -0.2) is 113 Å². The number of hydrogen-bond acceptors (Lipinski definition) is 8. The van der Waals surface area contributed by atoms with Crippen molar-refractivity contribution < 1.29 is 29.1 Å². The SMILES string of the molecule is NCC(=O)N1CCCC1C(=O)NC(CCCN=C(N)N)C(=O)N1CCCC1C(=O)NC(CCCN=C(N)N)C(=O)O. The van der Waals surface area contributed by atoms with Crippen LogP contribution < -0.4 is 39.3 Å². The monoisotopic (exact) mass is 581 g/mol. The number of nitrogens with two attached hydrogens (primary N) is 5. The van der Waals surface area contributed by atoms with Gasteiger partial charge in [-0.2, -0.15) is 0 Å². The number of aliphatic carboxylic acids is 1. The summed E-state index contributed by atoms with van der Waals surface area (Å²) >= 11 is 0. The van der Waals surface area contributed by atoms with Gasteiger partial charge in [0.05, 0.1) is 6.54 Å². The molecule has 41 heavy (non-hydrogen) atoms. The molecular weight excluding hydrogens is 538 g/mol. The van der Waals surface area contributed by atoms with Crippen molar-refractivity contribution in [3.8, 4) is 0 Å². The van der Waals surface area contributed by atoms with Gasteiger partial charge in [0.2, 0.25) is 23.6 Å². The van der Waals surface area contributed by atoms with Crippen molar-refractivity contribution in [2.75, 3.05) is 32.7 Å². The first-order valence-corrected chi connectivity index (χ1v) is 13.7. The van der Waals surface area contributed by atoms with Crippen LogP contribution in [0.2, 0.25) is 0 Å². The first-order chi connectivity index (χ1) is 19.5. The van der Waals surface area contributed by atoms with E-state index in [-0.39, 0.29) is 56.8 Å². The van der Waals surface area contributed by atoms with Crippen molar-refractivity contribution in [2.24, 2.45) is 38.7 Å². The third kappa shape index (κ3) is 10.1. The van der Waals surface area contributed by atoms with E-state index in [1.54, 1.807) is 0 Å². The minimum absolute atomic E-state index is 0.0847. The molecule has 17 heteroatoms. The van der Waals surface area contributed by atoms with E-state index in [9.17, 15) is 29.1 Å². The third-order valence-electron chi connectivity index (χ3n) is 7.01. The van der Waals surface area contributed by atoms with E-state index < -0.39 is 47.9 Å². The van der Waals surface area contributed by atoms with E-state index in [0.29, 0.717) is 45.1 Å². The molecule has 4 unspecified atom stereocenters. The van der Waals surface area contributed by atoms with Gasteiger partial charge in [-0.15, -0.1) is 0 Å². The second-order valence-corrected chi connectivity index (χ2v) is 10.00. The number of rotatable bonds is 15. The molecule has 0 radical (unpaired) electrons. The zero-order valence-corrected chi connectivity index (χ0v) is 23.2. The number of hydrogen-bond donors (Lipinski definition) is 8. The Morgan fingerprint density at radius 3 is 1.73 bits per heavy atom. The Kier molecular flexibility index (Phi) is 13.1. The minimum atomic E-state index is -1.23. The second kappa shape index (κ2) is 16.2. The number of likely N-dealkylation sites (tertiary alicyclic amines) is 2. The van der Waals surface area contributed by atoms with Gasteiger partial charge >= 0.3 is 5.97 Å². The summed E-state index contributed by atoms with van der Waals surface area (Å²) in [6.45, 7) is 0.823. The Bertz CT molecular complexity index is 1010. The van der Waals surface area contributed by atoms with Gasteiger partial charge in [0.1, 0.15) is 24.2 Å². The van der Waals surface area contributed by atoms with Crippen LogP contribution in [0.3, 0.4) is 0 Å². The summed E-state index contributed by atoms with van der Waals surface area (Å²) < 4.78 is 0. The first kappa shape index (κ1) is 33.1. The standard InChI is InChI=1S/C24H43N11O6/c25-13-18(36)34-11-3-7-16(34)19(37)32-14(5-1-9-30-23(26)27)21(39)35-12-4-8-17(35)20(38)33-15(22(40)41)6-2-10-31-24(28)29/h14-17H,1-13,25H2,(H,32,37)(H,33,38)(H,40,41)(H4,26,27,30)(H4,28,29,31). The highest BCUT2D eigenvalue weighted by Gasteiger charge is 2.40. The van der Waals surface area contributed by atoms with Crippen LogP contribution in [0, 0.1) is 0 Å². The summed E-state index contributed by atoms with van der Waals surface area (Å²) in [7, 11) is 0. The van der Waals surface area contributed by atoms with Crippen LogP contribution in [0.5, 0.6) is 0 Å². The van der Waals surface area contributed by atoms with Crippen LogP contribution in [0.1, 0.15) is 51.4 Å². The molecule has 2 aliphatic heterocycles. The summed E-state index contributed by atoms with van der Waals surface area (Å²) in [4.78, 5) is 74.5. The number of carbonyl (C=O) groups excluding carboxylic acids is 4. The van der Waals surface area contributed by atoms with Crippen molar-refractivity contribution in [2.45, 2.75) is 75.5 Å². The highest BCUT2D eigenvalue weighted by Crippen LogP contribution is 2.22. The smallest absolute Gasteiger partial charge is 0.326 e. The average molecular weight is 582 g/mol. The molecule has 4 atom stereocenters. The van der Waals surface area contributed by atoms with Crippen LogP contribution in [-0.2, 0) is 24.0 Å². The molecule has 0 aromatic heterocycles. The van der Waals surface area contributed by atoms with E-state index in [4.69, 9.17) is 28.7 Å². The van der Waals surface area contributed by atoms with Gasteiger partial charge in [-0.3, -0.25) is 29.2 Å². The van der Waals surface area contributed by atoms with Gasteiger partial charge in [-0.1, -0.05) is 0 Å². The summed E-state index contributed by atoms with van der Waals surface area (Å²) in [6, 6.07) is -3.89. The van der Waals surface area contributed by atoms with Crippen LogP contribution in [0.4, 0.5) is 0 Å². The van der Waals surface area contributed by atoms with Gasteiger partial charge in [0.25, 0.3) is 0 Å². The molecule has 230 valence electrons. The van der Waals surface area contributed by atoms with Crippen LogP contribution in [0.25, 0.3) is 0 Å². The van der Waals surface area contributed by atoms with Crippen molar-refractivity contribution >= 4 is 41.5 Å².